The number of nitrogens with one attached hydrogen (secondary N) is 3. The average molecular weight is 468 g/mol. The monoisotopic (exact) mass is 467 g/mol. The Hall–Kier alpha value is -1.09. The molecule has 0 aromatic carbocycles. The smallest absolute Gasteiger partial charge is 0.221 e. The van der Waals surface area contributed by atoms with Gasteiger partial charge in [-0.15, -0.1) is 24.0 Å². The van der Waals surface area contributed by atoms with Gasteiger partial charge in [-0.2, -0.15) is 0 Å². The van der Waals surface area contributed by atoms with Crippen LogP contribution in [0.15, 0.2) is 23.3 Å². The minimum atomic E-state index is 0. The first-order valence-electron chi connectivity index (χ1n) is 8.05. The first-order valence-corrected chi connectivity index (χ1v) is 8.42. The molecule has 0 aliphatic heterocycles. The summed E-state index contributed by atoms with van der Waals surface area (Å²) >= 11 is 5.76. The lowest BCUT2D eigenvalue weighted by Gasteiger charge is -2.11. The number of halogens is 2. The van der Waals surface area contributed by atoms with Crippen molar-refractivity contribution in [3.8, 4) is 0 Å². The fraction of sp³-hybridized carbons (Fsp3) is 0.562. The van der Waals surface area contributed by atoms with Gasteiger partial charge in [0.25, 0.3) is 0 Å². The Labute approximate surface area is 166 Å². The molecule has 3 N–H and O–H groups in total. The molecular weight excluding hydrogens is 441 g/mol. The van der Waals surface area contributed by atoms with E-state index in [4.69, 9.17) is 11.6 Å². The molecule has 1 aromatic heterocycles. The fourth-order valence-corrected chi connectivity index (χ4v) is 1.96. The minimum Gasteiger partial charge on any atom is -0.357 e. The molecule has 0 atom stereocenters. The molecule has 136 valence electrons. The summed E-state index contributed by atoms with van der Waals surface area (Å²) < 4.78 is 0. The van der Waals surface area contributed by atoms with E-state index in [1.54, 1.807) is 12.3 Å². The maximum atomic E-state index is 11.5. The number of guanidine groups is 1. The number of carbonyl (C=O) groups excluding carboxylic acids is 1. The van der Waals surface area contributed by atoms with Gasteiger partial charge in [0.1, 0.15) is 5.15 Å². The summed E-state index contributed by atoms with van der Waals surface area (Å²) in [6.45, 7) is 6.73. The lowest BCUT2D eigenvalue weighted by Crippen LogP contribution is -2.38. The van der Waals surface area contributed by atoms with E-state index in [9.17, 15) is 4.79 Å². The van der Waals surface area contributed by atoms with E-state index < -0.39 is 0 Å². The Balaban J connectivity index is 0.00000529. The van der Waals surface area contributed by atoms with Crippen molar-refractivity contribution in [3.63, 3.8) is 0 Å². The van der Waals surface area contributed by atoms with Gasteiger partial charge in [-0.1, -0.05) is 24.6 Å². The summed E-state index contributed by atoms with van der Waals surface area (Å²) in [6, 6.07) is 3.74. The van der Waals surface area contributed by atoms with Gasteiger partial charge in [0.15, 0.2) is 5.96 Å². The summed E-state index contributed by atoms with van der Waals surface area (Å²) in [5.74, 6) is 0.761. The molecule has 0 fully saturated rings. The van der Waals surface area contributed by atoms with Crippen molar-refractivity contribution in [2.24, 2.45) is 4.99 Å². The third-order valence-electron chi connectivity index (χ3n) is 3.02. The van der Waals surface area contributed by atoms with Crippen LogP contribution in [0, 0.1) is 0 Å². The Morgan fingerprint density at radius 3 is 2.62 bits per heavy atom. The van der Waals surface area contributed by atoms with Crippen LogP contribution in [0.3, 0.4) is 0 Å². The first-order chi connectivity index (χ1) is 11.2. The number of aromatic nitrogens is 1. The molecule has 1 aromatic rings. The van der Waals surface area contributed by atoms with Crippen LogP contribution in [-0.2, 0) is 11.2 Å². The van der Waals surface area contributed by atoms with Crippen LogP contribution in [-0.4, -0.2) is 43.0 Å². The third kappa shape index (κ3) is 10.6. The largest absolute Gasteiger partial charge is 0.357 e. The van der Waals surface area contributed by atoms with Gasteiger partial charge >= 0.3 is 0 Å². The second-order valence-electron chi connectivity index (χ2n) is 5.03. The summed E-state index contributed by atoms with van der Waals surface area (Å²) in [6.07, 6.45) is 3.94. The average Bonchev–Trinajstić information content (AvgIpc) is 2.54. The van der Waals surface area contributed by atoms with Crippen molar-refractivity contribution in [1.82, 2.24) is 20.9 Å². The molecule has 0 radical (unpaired) electrons. The Bertz CT molecular complexity index is 496. The van der Waals surface area contributed by atoms with E-state index >= 15 is 0 Å². The van der Waals surface area contributed by atoms with E-state index in [0.29, 0.717) is 18.1 Å². The summed E-state index contributed by atoms with van der Waals surface area (Å²) in [4.78, 5) is 20.0. The van der Waals surface area contributed by atoms with Gasteiger partial charge < -0.3 is 16.0 Å². The highest BCUT2D eigenvalue weighted by Gasteiger charge is 2.01. The number of aliphatic imine (C=N–C) groups is 1. The van der Waals surface area contributed by atoms with Crippen LogP contribution in [0.5, 0.6) is 0 Å². The van der Waals surface area contributed by atoms with E-state index in [1.807, 2.05) is 19.9 Å². The van der Waals surface area contributed by atoms with Gasteiger partial charge in [0, 0.05) is 32.3 Å². The van der Waals surface area contributed by atoms with Crippen LogP contribution in [0.25, 0.3) is 0 Å². The first kappa shape index (κ1) is 22.9. The number of rotatable bonds is 9. The molecule has 24 heavy (non-hydrogen) atoms. The molecule has 0 aliphatic rings. The van der Waals surface area contributed by atoms with Crippen LogP contribution < -0.4 is 16.0 Å². The topological polar surface area (TPSA) is 78.4 Å². The van der Waals surface area contributed by atoms with Crippen LogP contribution in [0.1, 0.15) is 32.3 Å². The quantitative estimate of drug-likeness (QED) is 0.225. The number of nitrogens with zero attached hydrogens (tertiary/aromatic N) is 2. The maximum Gasteiger partial charge on any atom is 0.221 e. The molecule has 0 unspecified atom stereocenters. The molecule has 0 saturated heterocycles. The van der Waals surface area contributed by atoms with Gasteiger partial charge in [-0.25, -0.2) is 4.98 Å². The van der Waals surface area contributed by atoms with E-state index in [0.717, 1.165) is 44.0 Å². The van der Waals surface area contributed by atoms with Gasteiger partial charge in [-0.05, 0) is 31.4 Å². The number of hydrogen-bond acceptors (Lipinski definition) is 3. The number of pyridine rings is 1. The molecule has 0 saturated carbocycles. The van der Waals surface area contributed by atoms with Crippen LogP contribution >= 0.6 is 35.6 Å². The normalized spacial score (nSPS) is 10.7. The number of carbonyl (C=O) groups is 1. The Morgan fingerprint density at radius 1 is 1.21 bits per heavy atom. The summed E-state index contributed by atoms with van der Waals surface area (Å²) in [5.41, 5.74) is 1.11. The van der Waals surface area contributed by atoms with Crippen LogP contribution in [0.2, 0.25) is 5.15 Å². The zero-order valence-electron chi connectivity index (χ0n) is 14.3. The van der Waals surface area contributed by atoms with Gasteiger partial charge in [-0.3, -0.25) is 9.79 Å². The van der Waals surface area contributed by atoms with Crippen molar-refractivity contribution >= 4 is 47.4 Å². The number of amides is 1. The van der Waals surface area contributed by atoms with Crippen LogP contribution in [0.4, 0.5) is 0 Å². The highest BCUT2D eigenvalue weighted by molar-refractivity contribution is 14.0. The minimum absolute atomic E-state index is 0. The van der Waals surface area contributed by atoms with Crippen molar-refractivity contribution in [2.75, 3.05) is 26.2 Å². The fourth-order valence-electron chi connectivity index (χ4n) is 1.84. The van der Waals surface area contributed by atoms with E-state index in [-0.39, 0.29) is 29.9 Å². The molecule has 1 rings (SSSR count). The SMILES string of the molecule is CCCNC(=O)CCN=C(NCC)NCCc1ccc(Cl)nc1.I. The van der Waals surface area contributed by atoms with Crippen molar-refractivity contribution in [2.45, 2.75) is 33.1 Å². The van der Waals surface area contributed by atoms with Crippen molar-refractivity contribution in [1.29, 1.82) is 0 Å². The molecule has 0 aliphatic carbocycles. The van der Waals surface area contributed by atoms with E-state index in [2.05, 4.69) is 25.9 Å². The summed E-state index contributed by atoms with van der Waals surface area (Å²) in [7, 11) is 0. The molecular formula is C16H27ClIN5O. The Kier molecular flexibility index (Phi) is 13.6. The zero-order chi connectivity index (χ0) is 16.9. The number of hydrogen-bond donors (Lipinski definition) is 3. The molecule has 1 heterocycles. The lowest BCUT2D eigenvalue weighted by molar-refractivity contribution is -0.120. The van der Waals surface area contributed by atoms with Crippen molar-refractivity contribution < 1.29 is 4.79 Å². The molecule has 6 nitrogen and oxygen atoms in total. The predicted octanol–water partition coefficient (Wildman–Crippen LogP) is 2.37. The second-order valence-corrected chi connectivity index (χ2v) is 5.41. The van der Waals surface area contributed by atoms with Gasteiger partial charge in [0.2, 0.25) is 5.91 Å². The third-order valence-corrected chi connectivity index (χ3v) is 3.24. The van der Waals surface area contributed by atoms with Gasteiger partial charge in [0.05, 0.1) is 6.54 Å². The highest BCUT2D eigenvalue weighted by atomic mass is 127. The highest BCUT2D eigenvalue weighted by Crippen LogP contribution is 2.05. The zero-order valence-corrected chi connectivity index (χ0v) is 17.4. The standard InChI is InChI=1S/C16H26ClN5O.HI/c1-3-9-19-15(23)8-11-21-16(18-4-2)20-10-7-13-5-6-14(17)22-12-13;/h5-6,12H,3-4,7-11H2,1-2H3,(H,19,23)(H2,18,20,21);1H. The summed E-state index contributed by atoms with van der Waals surface area (Å²) in [5, 5.41) is 9.75. The van der Waals surface area contributed by atoms with Crippen molar-refractivity contribution in [3.05, 3.63) is 29.0 Å². The molecule has 0 spiro atoms. The second kappa shape index (κ2) is 14.3. The lowest BCUT2D eigenvalue weighted by atomic mass is 10.2. The Morgan fingerprint density at radius 2 is 2.00 bits per heavy atom. The molecule has 1 amide bonds. The van der Waals surface area contributed by atoms with E-state index in [1.165, 1.54) is 0 Å². The predicted molar refractivity (Wildman–Crippen MR) is 110 cm³/mol. The maximum absolute atomic E-state index is 11.5. The molecule has 0 bridgehead atoms. The molecule has 8 heteroatoms.